The van der Waals surface area contributed by atoms with E-state index < -0.39 is 17.8 Å². The Hall–Kier alpha value is -1.28. The number of ether oxygens (including phenoxy) is 1. The van der Waals surface area contributed by atoms with Gasteiger partial charge in [-0.3, -0.25) is 5.41 Å². The normalized spacial score (nSPS) is 20.0. The van der Waals surface area contributed by atoms with Gasteiger partial charge in [0.05, 0.1) is 24.4 Å². The molecule has 1 aromatic rings. The van der Waals surface area contributed by atoms with Crippen molar-refractivity contribution in [3.05, 3.63) is 28.2 Å². The summed E-state index contributed by atoms with van der Waals surface area (Å²) in [4.78, 5) is 1.85. The molecule has 1 heterocycles. The molecule has 1 aliphatic rings. The van der Waals surface area contributed by atoms with Gasteiger partial charge in [-0.1, -0.05) is 0 Å². The Morgan fingerprint density at radius 1 is 1.45 bits per heavy atom. The first-order valence-corrected chi connectivity index (χ1v) is 6.65. The summed E-state index contributed by atoms with van der Waals surface area (Å²) in [6.45, 7) is 1.25. The lowest BCUT2D eigenvalue weighted by Crippen LogP contribution is -2.48. The smallest absolute Gasteiger partial charge is 0.385 e. The first-order valence-electron chi connectivity index (χ1n) is 5.86. The van der Waals surface area contributed by atoms with Gasteiger partial charge < -0.3 is 15.4 Å². The molecule has 0 amide bonds. The molecule has 0 radical (unpaired) electrons. The number of hydrogen-bond donors (Lipinski definition) is 2. The topological polar surface area (TPSA) is 62.3 Å². The molecule has 0 bridgehead atoms. The lowest BCUT2D eigenvalue weighted by atomic mass is 10.1. The second kappa shape index (κ2) is 5.61. The fourth-order valence-corrected chi connectivity index (χ4v) is 2.63. The van der Waals surface area contributed by atoms with Gasteiger partial charge in [-0.2, -0.15) is 13.2 Å². The zero-order valence-electron chi connectivity index (χ0n) is 10.4. The van der Waals surface area contributed by atoms with Crippen LogP contribution < -0.4 is 10.6 Å². The van der Waals surface area contributed by atoms with Crippen molar-refractivity contribution >= 4 is 27.5 Å². The lowest BCUT2D eigenvalue weighted by Gasteiger charge is -2.34. The summed E-state index contributed by atoms with van der Waals surface area (Å²) in [5, 5.41) is 7.38. The molecule has 8 heteroatoms. The van der Waals surface area contributed by atoms with Gasteiger partial charge in [-0.15, -0.1) is 0 Å². The third-order valence-electron chi connectivity index (χ3n) is 3.03. The summed E-state index contributed by atoms with van der Waals surface area (Å²) in [6.07, 6.45) is -4.90. The SMILES string of the molecule is N=C(N)C1CN(c2ccc(C(F)(F)F)cc2Br)CCO1. The highest BCUT2D eigenvalue weighted by Gasteiger charge is 2.31. The molecule has 20 heavy (non-hydrogen) atoms. The van der Waals surface area contributed by atoms with Crippen LogP contribution in [0, 0.1) is 5.41 Å². The first-order chi connectivity index (χ1) is 9.29. The zero-order valence-corrected chi connectivity index (χ0v) is 12.0. The van der Waals surface area contributed by atoms with Crippen LogP contribution in [0.1, 0.15) is 5.56 Å². The summed E-state index contributed by atoms with van der Waals surface area (Å²) in [5.74, 6) is -0.0854. The monoisotopic (exact) mass is 351 g/mol. The van der Waals surface area contributed by atoms with Gasteiger partial charge in [0, 0.05) is 11.0 Å². The Morgan fingerprint density at radius 2 is 2.15 bits per heavy atom. The van der Waals surface area contributed by atoms with Crippen LogP contribution in [0.4, 0.5) is 18.9 Å². The van der Waals surface area contributed by atoms with Crippen LogP contribution in [0.25, 0.3) is 0 Å². The van der Waals surface area contributed by atoms with Crippen molar-refractivity contribution in [2.75, 3.05) is 24.6 Å². The maximum absolute atomic E-state index is 12.6. The van der Waals surface area contributed by atoms with Crippen LogP contribution >= 0.6 is 15.9 Å². The quantitative estimate of drug-likeness (QED) is 0.635. The molecule has 1 saturated heterocycles. The van der Waals surface area contributed by atoms with E-state index in [0.29, 0.717) is 29.9 Å². The molecule has 0 aliphatic carbocycles. The van der Waals surface area contributed by atoms with Crippen molar-refractivity contribution in [3.63, 3.8) is 0 Å². The van der Waals surface area contributed by atoms with Crippen molar-refractivity contribution in [2.24, 2.45) is 5.73 Å². The third kappa shape index (κ3) is 3.24. The van der Waals surface area contributed by atoms with Crippen LogP contribution in [0.3, 0.4) is 0 Å². The molecule has 110 valence electrons. The maximum Gasteiger partial charge on any atom is 0.416 e. The fraction of sp³-hybridized carbons (Fsp3) is 0.417. The Bertz CT molecular complexity index is 521. The number of halogens is 4. The largest absolute Gasteiger partial charge is 0.416 e. The Kier molecular flexibility index (Phi) is 4.24. The number of nitrogens with two attached hydrogens (primary N) is 1. The fourth-order valence-electron chi connectivity index (χ4n) is 2.00. The van der Waals surface area contributed by atoms with Crippen molar-refractivity contribution < 1.29 is 17.9 Å². The van der Waals surface area contributed by atoms with Crippen molar-refractivity contribution in [1.82, 2.24) is 0 Å². The standard InChI is InChI=1S/C12H13BrF3N3O/c13-8-5-7(12(14,15)16)1-2-9(8)19-3-4-20-10(6-19)11(17)18/h1-2,5,10H,3-4,6H2,(H3,17,18). The predicted octanol–water partition coefficient (Wildman–Crippen LogP) is 2.61. The van der Waals surface area contributed by atoms with E-state index in [1.54, 1.807) is 0 Å². The van der Waals surface area contributed by atoms with E-state index in [1.165, 1.54) is 6.07 Å². The molecule has 1 aliphatic heterocycles. The first kappa shape index (κ1) is 15.1. The number of benzene rings is 1. The van der Waals surface area contributed by atoms with Gasteiger partial charge in [-0.25, -0.2) is 0 Å². The number of alkyl halides is 3. The van der Waals surface area contributed by atoms with E-state index in [9.17, 15) is 13.2 Å². The molecule has 0 spiro atoms. The van der Waals surface area contributed by atoms with E-state index in [1.807, 2.05) is 4.90 Å². The number of rotatable bonds is 2. The van der Waals surface area contributed by atoms with Gasteiger partial charge in [-0.05, 0) is 34.1 Å². The summed E-state index contributed by atoms with van der Waals surface area (Å²) in [5.41, 5.74) is 5.33. The maximum atomic E-state index is 12.6. The summed E-state index contributed by atoms with van der Waals surface area (Å²) >= 11 is 3.16. The van der Waals surface area contributed by atoms with Crippen LogP contribution in [-0.2, 0) is 10.9 Å². The van der Waals surface area contributed by atoms with Crippen LogP contribution in [0.2, 0.25) is 0 Å². The number of anilines is 1. The highest BCUT2D eigenvalue weighted by atomic mass is 79.9. The van der Waals surface area contributed by atoms with Gasteiger partial charge in [0.15, 0.2) is 0 Å². The van der Waals surface area contributed by atoms with Crippen LogP contribution in [0.15, 0.2) is 22.7 Å². The average molecular weight is 352 g/mol. The number of morpholine rings is 1. The lowest BCUT2D eigenvalue weighted by molar-refractivity contribution is -0.137. The number of nitrogens with one attached hydrogen (secondary N) is 1. The van der Waals surface area contributed by atoms with Gasteiger partial charge in [0.25, 0.3) is 0 Å². The second-order valence-corrected chi connectivity index (χ2v) is 5.28. The van der Waals surface area contributed by atoms with Crippen LogP contribution in [-0.4, -0.2) is 31.6 Å². The Labute approximate surface area is 122 Å². The van der Waals surface area contributed by atoms with Crippen LogP contribution in [0.5, 0.6) is 0 Å². The van der Waals surface area contributed by atoms with Crippen molar-refractivity contribution in [3.8, 4) is 0 Å². The van der Waals surface area contributed by atoms with Crippen molar-refractivity contribution in [2.45, 2.75) is 12.3 Å². The molecule has 4 nitrogen and oxygen atoms in total. The predicted molar refractivity (Wildman–Crippen MR) is 73.0 cm³/mol. The highest BCUT2D eigenvalue weighted by Crippen LogP contribution is 2.35. The van der Waals surface area contributed by atoms with Gasteiger partial charge in [0.2, 0.25) is 0 Å². The Balaban J connectivity index is 2.23. The number of hydrogen-bond acceptors (Lipinski definition) is 3. The average Bonchev–Trinajstić information content (AvgIpc) is 2.37. The van der Waals surface area contributed by atoms with Gasteiger partial charge in [0.1, 0.15) is 11.9 Å². The third-order valence-corrected chi connectivity index (χ3v) is 3.66. The second-order valence-electron chi connectivity index (χ2n) is 4.42. The summed E-state index contributed by atoms with van der Waals surface area (Å²) in [6, 6.07) is 3.50. The van der Waals surface area contributed by atoms with Crippen molar-refractivity contribution in [1.29, 1.82) is 5.41 Å². The van der Waals surface area contributed by atoms with Gasteiger partial charge >= 0.3 is 6.18 Å². The highest BCUT2D eigenvalue weighted by molar-refractivity contribution is 9.10. The number of amidine groups is 1. The summed E-state index contributed by atoms with van der Waals surface area (Å²) in [7, 11) is 0. The van der Waals surface area contributed by atoms with E-state index in [-0.39, 0.29) is 5.84 Å². The molecule has 0 saturated carbocycles. The van der Waals surface area contributed by atoms with E-state index in [2.05, 4.69) is 15.9 Å². The molecule has 2 rings (SSSR count). The van der Waals surface area contributed by atoms with E-state index in [0.717, 1.165) is 12.1 Å². The minimum absolute atomic E-state index is 0.0854. The zero-order chi connectivity index (χ0) is 14.9. The number of nitrogens with zero attached hydrogens (tertiary/aromatic N) is 1. The van der Waals surface area contributed by atoms with E-state index >= 15 is 0 Å². The molecule has 1 atom stereocenters. The molecular weight excluding hydrogens is 339 g/mol. The molecule has 0 aromatic heterocycles. The Morgan fingerprint density at radius 3 is 2.70 bits per heavy atom. The molecular formula is C12H13BrF3N3O. The molecule has 1 aromatic carbocycles. The minimum Gasteiger partial charge on any atom is -0.385 e. The molecule has 1 fully saturated rings. The summed E-state index contributed by atoms with van der Waals surface area (Å²) < 4.78 is 43.5. The molecule has 3 N–H and O–H groups in total. The molecule has 1 unspecified atom stereocenters. The van der Waals surface area contributed by atoms with E-state index in [4.69, 9.17) is 15.9 Å². The minimum atomic E-state index is -4.37.